The molecule has 0 unspecified atom stereocenters. The van der Waals surface area contributed by atoms with Gasteiger partial charge >= 0.3 is 12.0 Å². The van der Waals surface area contributed by atoms with E-state index in [-0.39, 0.29) is 0 Å². The van der Waals surface area contributed by atoms with E-state index in [4.69, 9.17) is 4.74 Å². The summed E-state index contributed by atoms with van der Waals surface area (Å²) in [5.41, 5.74) is 2.11. The lowest BCUT2D eigenvalue weighted by Crippen LogP contribution is -2.51. The van der Waals surface area contributed by atoms with E-state index in [1.165, 1.54) is 6.08 Å². The minimum atomic E-state index is -0.919. The van der Waals surface area contributed by atoms with E-state index < -0.39 is 36.0 Å². The summed E-state index contributed by atoms with van der Waals surface area (Å²) in [5, 5.41) is 3.36. The molecule has 27 heavy (non-hydrogen) atoms. The highest BCUT2D eigenvalue weighted by Crippen LogP contribution is 2.32. The van der Waals surface area contributed by atoms with Crippen molar-refractivity contribution in [3.05, 3.63) is 42.0 Å². The highest BCUT2D eigenvalue weighted by Gasteiger charge is 2.52. The SMILES string of the molecule is O=C(COC(=O)/C=C/c1ccccc1)NN1C(=O)NC2(CCCCC2)C1=O. The van der Waals surface area contributed by atoms with Gasteiger partial charge in [0.05, 0.1) is 0 Å². The van der Waals surface area contributed by atoms with Crippen molar-refractivity contribution in [2.45, 2.75) is 37.6 Å². The number of hydrazine groups is 1. The Hall–Kier alpha value is -3.16. The van der Waals surface area contributed by atoms with Crippen molar-refractivity contribution in [1.82, 2.24) is 15.8 Å². The van der Waals surface area contributed by atoms with Gasteiger partial charge in [0.1, 0.15) is 5.54 Å². The van der Waals surface area contributed by atoms with E-state index in [9.17, 15) is 19.2 Å². The van der Waals surface area contributed by atoms with Crippen molar-refractivity contribution in [3.63, 3.8) is 0 Å². The molecule has 1 heterocycles. The average Bonchev–Trinajstić information content (AvgIpc) is 2.90. The van der Waals surface area contributed by atoms with E-state index in [0.717, 1.165) is 24.8 Å². The summed E-state index contributed by atoms with van der Waals surface area (Å²) in [6.45, 7) is -0.595. The van der Waals surface area contributed by atoms with Crippen LogP contribution in [0.1, 0.15) is 37.7 Å². The maximum absolute atomic E-state index is 12.5. The fraction of sp³-hybridized carbons (Fsp3) is 0.368. The molecule has 3 rings (SSSR count). The molecule has 0 radical (unpaired) electrons. The fourth-order valence-electron chi connectivity index (χ4n) is 3.29. The zero-order chi connectivity index (χ0) is 19.3. The first kappa shape index (κ1) is 18.6. The standard InChI is InChI=1S/C19H21N3O5/c23-15(13-27-16(24)10-9-14-7-3-1-4-8-14)21-22-17(25)19(20-18(22)26)11-5-2-6-12-19/h1,3-4,7-10H,2,5-6,11-13H2,(H,20,26)(H,21,23)/b10-9+. The Morgan fingerprint density at radius 1 is 1.15 bits per heavy atom. The highest BCUT2D eigenvalue weighted by molar-refractivity contribution is 6.08. The van der Waals surface area contributed by atoms with Crippen LogP contribution in [0.3, 0.4) is 0 Å². The maximum Gasteiger partial charge on any atom is 0.344 e. The Kier molecular flexibility index (Phi) is 5.54. The van der Waals surface area contributed by atoms with Crippen LogP contribution < -0.4 is 10.7 Å². The van der Waals surface area contributed by atoms with Crippen LogP contribution in [0.4, 0.5) is 4.79 Å². The predicted octanol–water partition coefficient (Wildman–Crippen LogP) is 1.53. The monoisotopic (exact) mass is 371 g/mol. The smallest absolute Gasteiger partial charge is 0.344 e. The number of hydrogen-bond donors (Lipinski definition) is 2. The van der Waals surface area contributed by atoms with Crippen molar-refractivity contribution in [3.8, 4) is 0 Å². The second kappa shape index (κ2) is 8.03. The largest absolute Gasteiger partial charge is 0.452 e. The van der Waals surface area contributed by atoms with Crippen LogP contribution >= 0.6 is 0 Å². The summed E-state index contributed by atoms with van der Waals surface area (Å²) in [7, 11) is 0. The number of nitrogens with zero attached hydrogens (tertiary/aromatic N) is 1. The van der Waals surface area contributed by atoms with Gasteiger partial charge in [0.2, 0.25) is 0 Å². The molecule has 1 aliphatic heterocycles. The van der Waals surface area contributed by atoms with Gasteiger partial charge in [-0.1, -0.05) is 49.6 Å². The minimum absolute atomic E-state index is 0.462. The third-order valence-electron chi connectivity index (χ3n) is 4.66. The average molecular weight is 371 g/mol. The molecule has 142 valence electrons. The topological polar surface area (TPSA) is 105 Å². The number of esters is 1. The normalized spacial score (nSPS) is 18.6. The van der Waals surface area contributed by atoms with E-state index in [1.807, 2.05) is 30.3 Å². The molecule has 1 saturated heterocycles. The molecule has 8 heteroatoms. The number of ether oxygens (including phenoxy) is 1. The summed E-state index contributed by atoms with van der Waals surface area (Å²) >= 11 is 0. The predicted molar refractivity (Wildman–Crippen MR) is 95.8 cm³/mol. The van der Waals surface area contributed by atoms with Gasteiger partial charge in [-0.05, 0) is 24.5 Å². The van der Waals surface area contributed by atoms with Crippen LogP contribution in [0.25, 0.3) is 6.08 Å². The molecule has 1 aromatic rings. The molecule has 2 N–H and O–H groups in total. The van der Waals surface area contributed by atoms with Crippen LogP contribution in [0.15, 0.2) is 36.4 Å². The van der Waals surface area contributed by atoms with Gasteiger partial charge in [0.15, 0.2) is 6.61 Å². The molecule has 1 aliphatic carbocycles. The molecule has 2 fully saturated rings. The van der Waals surface area contributed by atoms with Crippen molar-refractivity contribution in [1.29, 1.82) is 0 Å². The fourth-order valence-corrected chi connectivity index (χ4v) is 3.29. The number of rotatable bonds is 5. The van der Waals surface area contributed by atoms with E-state index in [0.29, 0.717) is 17.9 Å². The van der Waals surface area contributed by atoms with Crippen molar-refractivity contribution >= 4 is 29.9 Å². The van der Waals surface area contributed by atoms with Gasteiger partial charge in [-0.15, -0.1) is 0 Å². The number of urea groups is 1. The molecule has 1 saturated carbocycles. The van der Waals surface area contributed by atoms with Gasteiger partial charge in [-0.2, -0.15) is 5.01 Å². The highest BCUT2D eigenvalue weighted by atomic mass is 16.5. The number of carbonyl (C=O) groups excluding carboxylic acids is 4. The zero-order valence-corrected chi connectivity index (χ0v) is 14.8. The first-order valence-corrected chi connectivity index (χ1v) is 8.86. The Balaban J connectivity index is 1.49. The quantitative estimate of drug-likeness (QED) is 0.464. The van der Waals surface area contributed by atoms with E-state index >= 15 is 0 Å². The minimum Gasteiger partial charge on any atom is -0.452 e. The molecule has 1 spiro atoms. The number of benzene rings is 1. The second-order valence-corrected chi connectivity index (χ2v) is 6.60. The van der Waals surface area contributed by atoms with Gasteiger partial charge in [0, 0.05) is 6.08 Å². The lowest BCUT2D eigenvalue weighted by atomic mass is 9.82. The van der Waals surface area contributed by atoms with Crippen molar-refractivity contribution in [2.24, 2.45) is 0 Å². The number of nitrogens with one attached hydrogen (secondary N) is 2. The van der Waals surface area contributed by atoms with Crippen LogP contribution in [-0.4, -0.2) is 41.0 Å². The molecule has 0 atom stereocenters. The molecule has 0 aromatic heterocycles. The molecule has 2 aliphatic rings. The van der Waals surface area contributed by atoms with E-state index in [2.05, 4.69) is 10.7 Å². The third-order valence-corrected chi connectivity index (χ3v) is 4.66. The van der Waals surface area contributed by atoms with Crippen molar-refractivity contribution < 1.29 is 23.9 Å². The molecule has 0 bridgehead atoms. The summed E-state index contributed by atoms with van der Waals surface area (Å²) in [6.07, 6.45) is 6.59. The second-order valence-electron chi connectivity index (χ2n) is 6.60. The number of hydrogen-bond acceptors (Lipinski definition) is 5. The first-order valence-electron chi connectivity index (χ1n) is 8.86. The molecule has 8 nitrogen and oxygen atoms in total. The molecule has 1 aromatic carbocycles. The van der Waals surface area contributed by atoms with Crippen molar-refractivity contribution in [2.75, 3.05) is 6.61 Å². The number of amides is 4. The third kappa shape index (κ3) is 4.33. The Labute approximate surface area is 156 Å². The lowest BCUT2D eigenvalue weighted by Gasteiger charge is -2.30. The molecular formula is C19H21N3O5. The number of imide groups is 1. The molecule has 4 amide bonds. The Bertz CT molecular complexity index is 769. The zero-order valence-electron chi connectivity index (χ0n) is 14.8. The van der Waals surface area contributed by atoms with Gasteiger partial charge in [-0.25, -0.2) is 9.59 Å². The molecular weight excluding hydrogens is 350 g/mol. The number of carbonyl (C=O) groups is 4. The van der Waals surface area contributed by atoms with Gasteiger partial charge < -0.3 is 10.1 Å². The maximum atomic E-state index is 12.5. The first-order chi connectivity index (χ1) is 13.0. The van der Waals surface area contributed by atoms with Crippen LogP contribution in [-0.2, 0) is 19.1 Å². The Morgan fingerprint density at radius 3 is 2.56 bits per heavy atom. The Morgan fingerprint density at radius 2 is 1.85 bits per heavy atom. The van der Waals surface area contributed by atoms with Crippen LogP contribution in [0, 0.1) is 0 Å². The summed E-state index contributed by atoms with van der Waals surface area (Å²) in [6, 6.07) is 8.48. The van der Waals surface area contributed by atoms with Gasteiger partial charge in [-0.3, -0.25) is 15.0 Å². The summed E-state index contributed by atoms with van der Waals surface area (Å²) in [5.74, 6) is -1.92. The van der Waals surface area contributed by atoms with Gasteiger partial charge in [0.25, 0.3) is 11.8 Å². The summed E-state index contributed by atoms with van der Waals surface area (Å²) in [4.78, 5) is 48.2. The van der Waals surface area contributed by atoms with Crippen LogP contribution in [0.5, 0.6) is 0 Å². The van der Waals surface area contributed by atoms with E-state index in [1.54, 1.807) is 6.08 Å². The lowest BCUT2D eigenvalue weighted by molar-refractivity contribution is -0.147. The van der Waals surface area contributed by atoms with Crippen LogP contribution in [0.2, 0.25) is 0 Å². The summed E-state index contributed by atoms with van der Waals surface area (Å²) < 4.78 is 4.84.